The third kappa shape index (κ3) is 1.75. The largest absolute Gasteiger partial charge is 0.452 e. The van der Waals surface area contributed by atoms with Crippen molar-refractivity contribution in [2.45, 2.75) is 0 Å². The number of benzene rings is 1. The summed E-state index contributed by atoms with van der Waals surface area (Å²) in [4.78, 5) is 12.4. The molecule has 3 nitrogen and oxygen atoms in total. The summed E-state index contributed by atoms with van der Waals surface area (Å²) in [6.07, 6.45) is -0.374. The third-order valence-corrected chi connectivity index (χ3v) is 1.54. The number of carbonyl (C=O) groups excluding carboxylic acids is 1. The van der Waals surface area contributed by atoms with Gasteiger partial charge in [-0.25, -0.2) is 4.79 Å². The van der Waals surface area contributed by atoms with Crippen LogP contribution in [0.25, 0.3) is 0 Å². The zero-order chi connectivity index (χ0) is 8.97. The molecule has 0 aliphatic rings. The van der Waals surface area contributed by atoms with Crippen molar-refractivity contribution >= 4 is 11.8 Å². The third-order valence-electron chi connectivity index (χ3n) is 1.54. The van der Waals surface area contributed by atoms with Gasteiger partial charge in [0.15, 0.2) is 0 Å². The second-order valence-corrected chi connectivity index (χ2v) is 2.29. The minimum Gasteiger partial charge on any atom is -0.452 e. The molecule has 0 fully saturated rings. The van der Waals surface area contributed by atoms with Gasteiger partial charge in [0.2, 0.25) is 0 Å². The summed E-state index contributed by atoms with van der Waals surface area (Å²) in [6.45, 7) is 0. The van der Waals surface area contributed by atoms with Crippen molar-refractivity contribution in [2.75, 3.05) is 19.1 Å². The number of nitrogens with zero attached hydrogens (tertiary/aromatic N) is 1. The standard InChI is InChI=1S/C9H10NO2/c1-10(9(11)12-2)8-6-4-3-5-7-8/h4-7H,1-2H3. The monoisotopic (exact) mass is 164 g/mol. The Morgan fingerprint density at radius 3 is 2.58 bits per heavy atom. The molecule has 0 bridgehead atoms. The Morgan fingerprint density at radius 1 is 1.50 bits per heavy atom. The molecule has 1 radical (unpaired) electrons. The fraction of sp³-hybridized carbons (Fsp3) is 0.222. The van der Waals surface area contributed by atoms with Gasteiger partial charge in [0, 0.05) is 12.7 Å². The van der Waals surface area contributed by atoms with Crippen LogP contribution in [0.4, 0.5) is 10.5 Å². The first kappa shape index (κ1) is 8.59. The molecule has 0 spiro atoms. The highest BCUT2D eigenvalue weighted by Crippen LogP contribution is 2.10. The fourth-order valence-electron chi connectivity index (χ4n) is 0.844. The number of hydrogen-bond acceptors (Lipinski definition) is 2. The van der Waals surface area contributed by atoms with E-state index in [1.807, 2.05) is 0 Å². The molecular formula is C9H10NO2. The van der Waals surface area contributed by atoms with Crippen molar-refractivity contribution in [3.8, 4) is 0 Å². The lowest BCUT2D eigenvalue weighted by Gasteiger charge is -2.14. The summed E-state index contributed by atoms with van der Waals surface area (Å²) < 4.78 is 4.54. The Hall–Kier alpha value is -1.51. The SMILES string of the molecule is COC(=O)N(C)c1cc[c]cc1. The zero-order valence-electron chi connectivity index (χ0n) is 7.07. The lowest BCUT2D eigenvalue weighted by atomic mass is 10.3. The van der Waals surface area contributed by atoms with Crippen molar-refractivity contribution in [3.63, 3.8) is 0 Å². The maximum atomic E-state index is 11.0. The van der Waals surface area contributed by atoms with Crippen molar-refractivity contribution in [1.82, 2.24) is 0 Å². The maximum Gasteiger partial charge on any atom is 0.413 e. The average Bonchev–Trinajstić information content (AvgIpc) is 2.17. The molecule has 1 amide bonds. The predicted octanol–water partition coefficient (Wildman–Crippen LogP) is 1.69. The van der Waals surface area contributed by atoms with Crippen LogP contribution >= 0.6 is 0 Å². The number of ether oxygens (including phenoxy) is 1. The normalized spacial score (nSPS) is 9.17. The van der Waals surface area contributed by atoms with Crippen LogP contribution in [0.15, 0.2) is 24.3 Å². The lowest BCUT2D eigenvalue weighted by molar-refractivity contribution is 0.180. The molecule has 1 aromatic carbocycles. The van der Waals surface area contributed by atoms with Gasteiger partial charge in [-0.2, -0.15) is 0 Å². The van der Waals surface area contributed by atoms with Gasteiger partial charge in [0.25, 0.3) is 0 Å². The number of hydrogen-bond donors (Lipinski definition) is 0. The van der Waals surface area contributed by atoms with E-state index in [1.54, 1.807) is 31.3 Å². The molecule has 0 aromatic heterocycles. The molecule has 0 heterocycles. The van der Waals surface area contributed by atoms with Gasteiger partial charge < -0.3 is 4.74 Å². The van der Waals surface area contributed by atoms with Gasteiger partial charge in [-0.05, 0) is 18.2 Å². The topological polar surface area (TPSA) is 29.5 Å². The van der Waals surface area contributed by atoms with Crippen molar-refractivity contribution < 1.29 is 9.53 Å². The first-order valence-corrected chi connectivity index (χ1v) is 3.53. The Bertz CT molecular complexity index is 258. The minimum absolute atomic E-state index is 0.374. The number of amides is 1. The van der Waals surface area contributed by atoms with Crippen LogP contribution in [0.2, 0.25) is 0 Å². The van der Waals surface area contributed by atoms with Crippen LogP contribution in [-0.4, -0.2) is 20.3 Å². The van der Waals surface area contributed by atoms with Gasteiger partial charge >= 0.3 is 6.09 Å². The Balaban J connectivity index is 2.78. The zero-order valence-corrected chi connectivity index (χ0v) is 7.07. The van der Waals surface area contributed by atoms with E-state index in [1.165, 1.54) is 12.0 Å². The van der Waals surface area contributed by atoms with Gasteiger partial charge in [0.05, 0.1) is 7.11 Å². The van der Waals surface area contributed by atoms with E-state index in [-0.39, 0.29) is 6.09 Å². The molecule has 0 unspecified atom stereocenters. The molecular weight excluding hydrogens is 154 g/mol. The molecule has 0 aliphatic carbocycles. The van der Waals surface area contributed by atoms with Crippen molar-refractivity contribution in [3.05, 3.63) is 30.3 Å². The molecule has 1 rings (SSSR count). The van der Waals surface area contributed by atoms with E-state index in [4.69, 9.17) is 0 Å². The second-order valence-electron chi connectivity index (χ2n) is 2.29. The quantitative estimate of drug-likeness (QED) is 0.632. The highest BCUT2D eigenvalue weighted by atomic mass is 16.5. The number of carbonyl (C=O) groups is 1. The summed E-state index contributed by atoms with van der Waals surface area (Å²) in [5.74, 6) is 0. The molecule has 0 aliphatic heterocycles. The highest BCUT2D eigenvalue weighted by molar-refractivity contribution is 5.86. The molecule has 0 saturated carbocycles. The summed E-state index contributed by atoms with van der Waals surface area (Å²) in [5, 5.41) is 0. The van der Waals surface area contributed by atoms with Gasteiger partial charge in [-0.1, -0.05) is 12.1 Å². The molecule has 1 aromatic rings. The van der Waals surface area contributed by atoms with Crippen molar-refractivity contribution in [2.24, 2.45) is 0 Å². The summed E-state index contributed by atoms with van der Waals surface area (Å²) in [7, 11) is 3.01. The maximum absolute atomic E-state index is 11.0. The first-order chi connectivity index (χ1) is 5.75. The van der Waals surface area contributed by atoms with Crippen LogP contribution in [0.5, 0.6) is 0 Å². The van der Waals surface area contributed by atoms with Crippen LogP contribution < -0.4 is 4.90 Å². The van der Waals surface area contributed by atoms with Crippen LogP contribution in [0.3, 0.4) is 0 Å². The first-order valence-electron chi connectivity index (χ1n) is 3.53. The fourth-order valence-corrected chi connectivity index (χ4v) is 0.844. The van der Waals surface area contributed by atoms with Crippen LogP contribution in [0.1, 0.15) is 0 Å². The Kier molecular flexibility index (Phi) is 2.69. The molecule has 63 valence electrons. The summed E-state index contributed by atoms with van der Waals surface area (Å²) >= 11 is 0. The van der Waals surface area contributed by atoms with Gasteiger partial charge in [-0.3, -0.25) is 4.90 Å². The van der Waals surface area contributed by atoms with E-state index < -0.39 is 0 Å². The smallest absolute Gasteiger partial charge is 0.413 e. The Morgan fingerprint density at radius 2 is 2.08 bits per heavy atom. The molecule has 0 atom stereocenters. The van der Waals surface area contributed by atoms with E-state index >= 15 is 0 Å². The number of methoxy groups -OCH3 is 1. The molecule has 3 heteroatoms. The lowest BCUT2D eigenvalue weighted by Crippen LogP contribution is -2.25. The number of rotatable bonds is 1. The summed E-state index contributed by atoms with van der Waals surface area (Å²) in [5.41, 5.74) is 0.792. The van der Waals surface area contributed by atoms with Crippen LogP contribution in [0, 0.1) is 6.07 Å². The second kappa shape index (κ2) is 3.76. The van der Waals surface area contributed by atoms with Gasteiger partial charge in [-0.15, -0.1) is 0 Å². The molecule has 12 heavy (non-hydrogen) atoms. The summed E-state index contributed by atoms with van der Waals surface area (Å²) in [6, 6.07) is 9.93. The van der Waals surface area contributed by atoms with Crippen molar-refractivity contribution in [1.29, 1.82) is 0 Å². The van der Waals surface area contributed by atoms with E-state index in [0.717, 1.165) is 5.69 Å². The Labute approximate surface area is 71.6 Å². The van der Waals surface area contributed by atoms with Gasteiger partial charge in [0.1, 0.15) is 0 Å². The molecule has 0 N–H and O–H groups in total. The van der Waals surface area contributed by atoms with E-state index in [9.17, 15) is 4.79 Å². The highest BCUT2D eigenvalue weighted by Gasteiger charge is 2.08. The van der Waals surface area contributed by atoms with Crippen LogP contribution in [-0.2, 0) is 4.74 Å². The minimum atomic E-state index is -0.374. The van der Waals surface area contributed by atoms with E-state index in [2.05, 4.69) is 10.8 Å². The molecule has 0 saturated heterocycles. The number of anilines is 1. The predicted molar refractivity (Wildman–Crippen MR) is 46.1 cm³/mol. The van der Waals surface area contributed by atoms with E-state index in [0.29, 0.717) is 0 Å². The average molecular weight is 164 g/mol.